The van der Waals surface area contributed by atoms with Crippen molar-refractivity contribution in [1.29, 1.82) is 0 Å². The topological polar surface area (TPSA) is 58.2 Å². The van der Waals surface area contributed by atoms with E-state index >= 15 is 0 Å². The molecule has 0 unspecified atom stereocenters. The van der Waals surface area contributed by atoms with Gasteiger partial charge in [-0.3, -0.25) is 9.59 Å². The van der Waals surface area contributed by atoms with Crippen LogP contribution in [0.2, 0.25) is 0 Å². The molecule has 0 radical (unpaired) electrons. The number of hydrogen-bond acceptors (Lipinski definition) is 2. The second-order valence-electron chi connectivity index (χ2n) is 3.22. The molecule has 0 aromatic heterocycles. The zero-order valence-electron chi connectivity index (χ0n) is 10.5. The van der Waals surface area contributed by atoms with Crippen molar-refractivity contribution in [2.75, 3.05) is 13.6 Å². The average Bonchev–Trinajstić information content (AvgIpc) is 2.26. The molecule has 90 valence electrons. The Kier molecular flexibility index (Phi) is 12.0. The molecule has 0 aliphatic rings. The summed E-state index contributed by atoms with van der Waals surface area (Å²) in [5.74, 6) is 0.0655. The fourth-order valence-electron chi connectivity index (χ4n) is 0.790. The molecule has 4 heteroatoms. The van der Waals surface area contributed by atoms with Crippen LogP contribution >= 0.6 is 0 Å². The van der Waals surface area contributed by atoms with Crippen molar-refractivity contribution in [3.05, 3.63) is 0 Å². The van der Waals surface area contributed by atoms with Gasteiger partial charge in [-0.1, -0.05) is 27.7 Å². The molecule has 0 heterocycles. The smallest absolute Gasteiger partial charge is 0.222 e. The van der Waals surface area contributed by atoms with Crippen molar-refractivity contribution in [2.24, 2.45) is 5.92 Å². The number of nitrogens with one attached hydrogen (secondary N) is 2. The van der Waals surface area contributed by atoms with Crippen LogP contribution in [0.5, 0.6) is 0 Å². The van der Waals surface area contributed by atoms with Gasteiger partial charge in [0.15, 0.2) is 0 Å². The summed E-state index contributed by atoms with van der Waals surface area (Å²) in [4.78, 5) is 21.8. The van der Waals surface area contributed by atoms with Crippen LogP contribution in [0.4, 0.5) is 0 Å². The Morgan fingerprint density at radius 2 is 1.73 bits per heavy atom. The van der Waals surface area contributed by atoms with Crippen molar-refractivity contribution in [1.82, 2.24) is 10.6 Å². The SMILES string of the molecule is CC.CNC(=O)CCCNC(=O)C(C)C. The van der Waals surface area contributed by atoms with Crippen LogP contribution in [-0.2, 0) is 9.59 Å². The number of rotatable bonds is 5. The van der Waals surface area contributed by atoms with Gasteiger partial charge in [-0.05, 0) is 6.42 Å². The zero-order valence-corrected chi connectivity index (χ0v) is 10.5. The van der Waals surface area contributed by atoms with Gasteiger partial charge in [0, 0.05) is 25.9 Å². The molecule has 0 aromatic carbocycles. The molecule has 0 saturated carbocycles. The molecule has 0 atom stereocenters. The summed E-state index contributed by atoms with van der Waals surface area (Å²) >= 11 is 0. The summed E-state index contributed by atoms with van der Waals surface area (Å²) < 4.78 is 0. The molecule has 0 bridgehead atoms. The first-order valence-corrected chi connectivity index (χ1v) is 5.56. The van der Waals surface area contributed by atoms with E-state index < -0.39 is 0 Å². The molecular weight excluding hydrogens is 192 g/mol. The zero-order chi connectivity index (χ0) is 12.3. The third-order valence-electron chi connectivity index (χ3n) is 1.68. The Labute approximate surface area is 92.8 Å². The van der Waals surface area contributed by atoms with Gasteiger partial charge in [0.2, 0.25) is 11.8 Å². The molecule has 0 aromatic rings. The van der Waals surface area contributed by atoms with Gasteiger partial charge >= 0.3 is 0 Å². The van der Waals surface area contributed by atoms with Crippen molar-refractivity contribution < 1.29 is 9.59 Å². The van der Waals surface area contributed by atoms with E-state index in [-0.39, 0.29) is 17.7 Å². The summed E-state index contributed by atoms with van der Waals surface area (Å²) in [7, 11) is 1.61. The molecule has 0 fully saturated rings. The first kappa shape index (κ1) is 16.4. The fraction of sp³-hybridized carbons (Fsp3) is 0.818. The number of amides is 2. The minimum absolute atomic E-state index is 0.0128. The Bertz CT molecular complexity index is 179. The quantitative estimate of drug-likeness (QED) is 0.681. The van der Waals surface area contributed by atoms with Crippen LogP contribution in [0.25, 0.3) is 0 Å². The highest BCUT2D eigenvalue weighted by molar-refractivity contribution is 5.78. The molecule has 0 saturated heterocycles. The summed E-state index contributed by atoms with van der Waals surface area (Å²) in [5, 5.41) is 5.27. The molecule has 4 nitrogen and oxygen atoms in total. The highest BCUT2D eigenvalue weighted by Crippen LogP contribution is 1.91. The van der Waals surface area contributed by atoms with Crippen LogP contribution in [0.1, 0.15) is 40.5 Å². The van der Waals surface area contributed by atoms with Crippen molar-refractivity contribution in [2.45, 2.75) is 40.5 Å². The maximum Gasteiger partial charge on any atom is 0.222 e. The Hall–Kier alpha value is -1.06. The molecule has 0 aliphatic heterocycles. The second kappa shape index (κ2) is 11.0. The monoisotopic (exact) mass is 216 g/mol. The summed E-state index contributed by atoms with van der Waals surface area (Å²) in [6.07, 6.45) is 1.16. The highest BCUT2D eigenvalue weighted by Gasteiger charge is 2.05. The van der Waals surface area contributed by atoms with Crippen LogP contribution in [-0.4, -0.2) is 25.4 Å². The third-order valence-corrected chi connectivity index (χ3v) is 1.68. The largest absolute Gasteiger partial charge is 0.359 e. The normalized spacial score (nSPS) is 8.93. The molecule has 2 N–H and O–H groups in total. The molecule has 0 aliphatic carbocycles. The van der Waals surface area contributed by atoms with Crippen LogP contribution in [0, 0.1) is 5.92 Å². The van der Waals surface area contributed by atoms with Gasteiger partial charge in [0.05, 0.1) is 0 Å². The average molecular weight is 216 g/mol. The second-order valence-corrected chi connectivity index (χ2v) is 3.22. The Morgan fingerprint density at radius 3 is 2.13 bits per heavy atom. The van der Waals surface area contributed by atoms with Crippen molar-refractivity contribution >= 4 is 11.8 Å². The number of hydrogen-bond donors (Lipinski definition) is 2. The first-order valence-electron chi connectivity index (χ1n) is 5.56. The predicted octanol–water partition coefficient (Wildman–Crippen LogP) is 1.31. The maximum absolute atomic E-state index is 11.0. The fourth-order valence-corrected chi connectivity index (χ4v) is 0.790. The van der Waals surface area contributed by atoms with Gasteiger partial charge in [0.1, 0.15) is 0 Å². The lowest BCUT2D eigenvalue weighted by atomic mass is 10.2. The van der Waals surface area contributed by atoms with E-state index in [2.05, 4.69) is 10.6 Å². The van der Waals surface area contributed by atoms with E-state index in [0.717, 1.165) is 0 Å². The van der Waals surface area contributed by atoms with E-state index in [9.17, 15) is 9.59 Å². The molecule has 15 heavy (non-hydrogen) atoms. The van der Waals surface area contributed by atoms with E-state index in [0.29, 0.717) is 19.4 Å². The molecule has 2 amide bonds. The van der Waals surface area contributed by atoms with E-state index in [4.69, 9.17) is 0 Å². The molecular formula is C11H24N2O2. The molecule has 0 rings (SSSR count). The van der Waals surface area contributed by atoms with Crippen LogP contribution in [0.15, 0.2) is 0 Å². The third kappa shape index (κ3) is 10.9. The van der Waals surface area contributed by atoms with E-state index in [1.165, 1.54) is 0 Å². The lowest BCUT2D eigenvalue weighted by Crippen LogP contribution is -2.29. The minimum atomic E-state index is 0.0128. The van der Waals surface area contributed by atoms with E-state index in [1.54, 1.807) is 7.05 Å². The predicted molar refractivity (Wildman–Crippen MR) is 62.5 cm³/mol. The summed E-state index contributed by atoms with van der Waals surface area (Å²) in [6, 6.07) is 0. The van der Waals surface area contributed by atoms with Gasteiger partial charge in [0.25, 0.3) is 0 Å². The Morgan fingerprint density at radius 1 is 1.20 bits per heavy atom. The van der Waals surface area contributed by atoms with Gasteiger partial charge in [-0.2, -0.15) is 0 Å². The molecule has 0 spiro atoms. The van der Waals surface area contributed by atoms with Crippen LogP contribution < -0.4 is 10.6 Å². The van der Waals surface area contributed by atoms with Crippen LogP contribution in [0.3, 0.4) is 0 Å². The standard InChI is InChI=1S/C9H18N2O2.C2H6/c1-7(2)9(13)11-6-4-5-8(12)10-3;1-2/h7H,4-6H2,1-3H3,(H,10,12)(H,11,13);1-2H3. The van der Waals surface area contributed by atoms with Gasteiger partial charge < -0.3 is 10.6 Å². The van der Waals surface area contributed by atoms with E-state index in [1.807, 2.05) is 27.7 Å². The van der Waals surface area contributed by atoms with Crippen molar-refractivity contribution in [3.63, 3.8) is 0 Å². The maximum atomic E-state index is 11.0. The summed E-state index contributed by atoms with van der Waals surface area (Å²) in [6.45, 7) is 8.26. The lowest BCUT2D eigenvalue weighted by molar-refractivity contribution is -0.124. The summed E-state index contributed by atoms with van der Waals surface area (Å²) in [5.41, 5.74) is 0. The number of carbonyl (C=O) groups is 2. The Balaban J connectivity index is 0. The van der Waals surface area contributed by atoms with Gasteiger partial charge in [-0.15, -0.1) is 0 Å². The minimum Gasteiger partial charge on any atom is -0.359 e. The van der Waals surface area contributed by atoms with Gasteiger partial charge in [-0.25, -0.2) is 0 Å². The van der Waals surface area contributed by atoms with Crippen molar-refractivity contribution in [3.8, 4) is 0 Å². The highest BCUT2D eigenvalue weighted by atomic mass is 16.2. The first-order chi connectivity index (χ1) is 7.07. The number of carbonyl (C=O) groups excluding carboxylic acids is 2. The lowest BCUT2D eigenvalue weighted by Gasteiger charge is -2.06.